The molecule has 1 aromatic carbocycles. The summed E-state index contributed by atoms with van der Waals surface area (Å²) < 4.78 is 5.27. The van der Waals surface area contributed by atoms with Crippen molar-refractivity contribution in [3.05, 3.63) is 29.8 Å². The van der Waals surface area contributed by atoms with Gasteiger partial charge in [-0.2, -0.15) is 0 Å². The summed E-state index contributed by atoms with van der Waals surface area (Å²) in [5, 5.41) is 5.55. The van der Waals surface area contributed by atoms with Gasteiger partial charge in [0.25, 0.3) is 5.91 Å². The number of hydrogen-bond acceptors (Lipinski definition) is 5. The fourth-order valence-corrected chi connectivity index (χ4v) is 3.20. The molecule has 1 saturated heterocycles. The first-order valence-electron chi connectivity index (χ1n) is 9.55. The summed E-state index contributed by atoms with van der Waals surface area (Å²) in [5.74, 6) is -0.814. The first-order valence-corrected chi connectivity index (χ1v) is 9.55. The molecule has 3 amide bonds. The van der Waals surface area contributed by atoms with E-state index < -0.39 is 17.6 Å². The number of primary amides is 1. The zero-order valence-corrected chi connectivity index (χ0v) is 16.8. The second-order valence-electron chi connectivity index (χ2n) is 7.96. The van der Waals surface area contributed by atoms with Crippen molar-refractivity contribution >= 4 is 23.6 Å². The lowest BCUT2D eigenvalue weighted by molar-refractivity contribution is -0.118. The predicted molar refractivity (Wildman–Crippen MR) is 107 cm³/mol. The Labute approximate surface area is 165 Å². The molecule has 0 spiro atoms. The zero-order chi connectivity index (χ0) is 20.7. The standard InChI is InChI=1S/C20H30N4O4/c1-20(2,3)28-19(27)22-12-14-8-6-7-11-24(14)13-17(25)23-16-10-5-4-9-15(16)18(21)26/h4-5,9-10,14H,6-8,11-13H2,1-3H3,(H2,21,26)(H,22,27)(H,23,25). The number of rotatable bonds is 6. The Hall–Kier alpha value is -2.61. The van der Waals surface area contributed by atoms with Crippen LogP contribution in [0.3, 0.4) is 0 Å². The number of para-hydroxylation sites is 1. The van der Waals surface area contributed by atoms with Crippen LogP contribution in [0, 0.1) is 0 Å². The molecule has 1 aliphatic rings. The van der Waals surface area contributed by atoms with Crippen molar-refractivity contribution in [2.45, 2.75) is 51.7 Å². The van der Waals surface area contributed by atoms with E-state index in [1.165, 1.54) is 0 Å². The topological polar surface area (TPSA) is 114 Å². The Morgan fingerprint density at radius 2 is 1.93 bits per heavy atom. The summed E-state index contributed by atoms with van der Waals surface area (Å²) in [6, 6.07) is 6.70. The predicted octanol–water partition coefficient (Wildman–Crippen LogP) is 2.10. The normalized spacial score (nSPS) is 17.6. The number of alkyl carbamates (subject to hydrolysis) is 1. The lowest BCUT2D eigenvalue weighted by Gasteiger charge is -2.35. The molecule has 0 aromatic heterocycles. The SMILES string of the molecule is CC(C)(C)OC(=O)NCC1CCCCN1CC(=O)Nc1ccccc1C(N)=O. The number of carbonyl (C=O) groups excluding carboxylic acids is 3. The van der Waals surface area contributed by atoms with Crippen molar-refractivity contribution < 1.29 is 19.1 Å². The van der Waals surface area contributed by atoms with Gasteiger partial charge < -0.3 is 21.1 Å². The van der Waals surface area contributed by atoms with E-state index in [4.69, 9.17) is 10.5 Å². The minimum atomic E-state index is -0.590. The number of piperidine rings is 1. The maximum absolute atomic E-state index is 12.5. The van der Waals surface area contributed by atoms with Crippen molar-refractivity contribution in [2.24, 2.45) is 5.73 Å². The van der Waals surface area contributed by atoms with Crippen LogP contribution in [0.1, 0.15) is 50.4 Å². The van der Waals surface area contributed by atoms with E-state index in [2.05, 4.69) is 10.6 Å². The minimum Gasteiger partial charge on any atom is -0.444 e. The van der Waals surface area contributed by atoms with Crippen LogP contribution < -0.4 is 16.4 Å². The molecule has 0 aliphatic carbocycles. The lowest BCUT2D eigenvalue weighted by atomic mass is 10.0. The van der Waals surface area contributed by atoms with E-state index >= 15 is 0 Å². The molecule has 1 fully saturated rings. The van der Waals surface area contributed by atoms with Gasteiger partial charge in [0.2, 0.25) is 5.91 Å². The number of benzene rings is 1. The minimum absolute atomic E-state index is 0.0541. The first kappa shape index (κ1) is 21.7. The Bertz CT molecular complexity index is 714. The van der Waals surface area contributed by atoms with Gasteiger partial charge in [-0.25, -0.2) is 4.79 Å². The highest BCUT2D eigenvalue weighted by Crippen LogP contribution is 2.18. The average Bonchev–Trinajstić information content (AvgIpc) is 2.59. The molecule has 1 aromatic rings. The fraction of sp³-hybridized carbons (Fsp3) is 0.550. The molecule has 1 heterocycles. The number of anilines is 1. The summed E-state index contributed by atoms with van der Waals surface area (Å²) in [7, 11) is 0. The van der Waals surface area contributed by atoms with Crippen molar-refractivity contribution in [2.75, 3.05) is 25.0 Å². The molecule has 1 atom stereocenters. The maximum atomic E-state index is 12.5. The second kappa shape index (κ2) is 9.54. The van der Waals surface area contributed by atoms with E-state index in [9.17, 15) is 14.4 Å². The number of ether oxygens (including phenoxy) is 1. The summed E-state index contributed by atoms with van der Waals surface area (Å²) in [4.78, 5) is 38.0. The highest BCUT2D eigenvalue weighted by atomic mass is 16.6. The fourth-order valence-electron chi connectivity index (χ4n) is 3.20. The summed E-state index contributed by atoms with van der Waals surface area (Å²) >= 11 is 0. The molecule has 154 valence electrons. The third-order valence-electron chi connectivity index (χ3n) is 4.44. The third kappa shape index (κ3) is 6.84. The molecule has 0 bridgehead atoms. The van der Waals surface area contributed by atoms with Crippen molar-refractivity contribution in [3.63, 3.8) is 0 Å². The number of likely N-dealkylation sites (tertiary alicyclic amines) is 1. The smallest absolute Gasteiger partial charge is 0.407 e. The van der Waals surface area contributed by atoms with Crippen LogP contribution in [0.25, 0.3) is 0 Å². The molecule has 8 nitrogen and oxygen atoms in total. The summed E-state index contributed by atoms with van der Waals surface area (Å²) in [6.07, 6.45) is 2.47. The molecular formula is C20H30N4O4. The molecular weight excluding hydrogens is 360 g/mol. The Balaban J connectivity index is 1.92. The van der Waals surface area contributed by atoms with Gasteiger partial charge in [0.15, 0.2) is 0 Å². The number of nitrogens with two attached hydrogens (primary N) is 1. The molecule has 0 saturated carbocycles. The van der Waals surface area contributed by atoms with Crippen molar-refractivity contribution in [1.29, 1.82) is 0 Å². The first-order chi connectivity index (χ1) is 13.2. The van der Waals surface area contributed by atoms with Gasteiger partial charge in [-0.1, -0.05) is 18.6 Å². The van der Waals surface area contributed by atoms with Crippen molar-refractivity contribution in [3.8, 4) is 0 Å². The van der Waals surface area contributed by atoms with Crippen molar-refractivity contribution in [1.82, 2.24) is 10.2 Å². The Morgan fingerprint density at radius 1 is 1.21 bits per heavy atom. The van der Waals surface area contributed by atoms with Gasteiger partial charge >= 0.3 is 6.09 Å². The highest BCUT2D eigenvalue weighted by Gasteiger charge is 2.26. The maximum Gasteiger partial charge on any atom is 0.407 e. The van der Waals surface area contributed by atoms with Gasteiger partial charge in [0.1, 0.15) is 5.60 Å². The average molecular weight is 390 g/mol. The van der Waals surface area contributed by atoms with Gasteiger partial charge in [-0.15, -0.1) is 0 Å². The number of nitrogens with one attached hydrogen (secondary N) is 2. The molecule has 28 heavy (non-hydrogen) atoms. The van der Waals surface area contributed by atoms with E-state index in [0.717, 1.165) is 25.8 Å². The van der Waals surface area contributed by atoms with Gasteiger partial charge in [0, 0.05) is 12.6 Å². The van der Waals surface area contributed by atoms with Gasteiger partial charge in [-0.05, 0) is 52.3 Å². The van der Waals surface area contributed by atoms with Crippen LogP contribution in [-0.2, 0) is 9.53 Å². The highest BCUT2D eigenvalue weighted by molar-refractivity contribution is 6.03. The molecule has 8 heteroatoms. The monoisotopic (exact) mass is 390 g/mol. The van der Waals surface area contributed by atoms with Crippen LogP contribution in [-0.4, -0.2) is 54.1 Å². The van der Waals surface area contributed by atoms with E-state index in [1.807, 2.05) is 25.7 Å². The number of hydrogen-bond donors (Lipinski definition) is 3. The summed E-state index contributed by atoms with van der Waals surface area (Å²) in [6.45, 7) is 6.80. The Kier molecular flexibility index (Phi) is 7.39. The molecule has 0 radical (unpaired) electrons. The van der Waals surface area contributed by atoms with Gasteiger partial charge in [0.05, 0.1) is 17.8 Å². The zero-order valence-electron chi connectivity index (χ0n) is 16.8. The number of nitrogens with zero attached hydrogens (tertiary/aromatic N) is 1. The van der Waals surface area contributed by atoms with Crippen LogP contribution in [0.4, 0.5) is 10.5 Å². The van der Waals surface area contributed by atoms with Crippen LogP contribution in [0.5, 0.6) is 0 Å². The van der Waals surface area contributed by atoms with Gasteiger partial charge in [-0.3, -0.25) is 14.5 Å². The van der Waals surface area contributed by atoms with Crippen LogP contribution in [0.2, 0.25) is 0 Å². The molecule has 4 N–H and O–H groups in total. The van der Waals surface area contributed by atoms with E-state index in [0.29, 0.717) is 12.2 Å². The van der Waals surface area contributed by atoms with E-state index in [1.54, 1.807) is 24.3 Å². The molecule has 1 unspecified atom stereocenters. The largest absolute Gasteiger partial charge is 0.444 e. The lowest BCUT2D eigenvalue weighted by Crippen LogP contribution is -2.49. The quantitative estimate of drug-likeness (QED) is 0.688. The van der Waals surface area contributed by atoms with E-state index in [-0.39, 0.29) is 24.1 Å². The molecule has 2 rings (SSSR count). The second-order valence-corrected chi connectivity index (χ2v) is 7.96. The summed E-state index contributed by atoms with van der Waals surface area (Å²) in [5.41, 5.74) is 5.48. The van der Waals surface area contributed by atoms with Crippen LogP contribution >= 0.6 is 0 Å². The number of amides is 3. The third-order valence-corrected chi connectivity index (χ3v) is 4.44. The van der Waals surface area contributed by atoms with Crippen LogP contribution in [0.15, 0.2) is 24.3 Å². The Morgan fingerprint density at radius 3 is 2.61 bits per heavy atom. The number of carbonyl (C=O) groups is 3. The molecule has 1 aliphatic heterocycles.